The summed E-state index contributed by atoms with van der Waals surface area (Å²) < 4.78 is 15.1. The number of nitrogens with zero attached hydrogens (tertiary/aromatic N) is 3. The van der Waals surface area contributed by atoms with Gasteiger partial charge in [0, 0.05) is 41.5 Å². The van der Waals surface area contributed by atoms with Crippen molar-refractivity contribution in [1.29, 1.82) is 0 Å². The van der Waals surface area contributed by atoms with Crippen LogP contribution in [-0.4, -0.2) is 34.8 Å². The Bertz CT molecular complexity index is 1450. The number of benzene rings is 1. The maximum atomic E-state index is 14.0. The SMILES string of the molecule is CNCc1ccc(F)cc1-c1ccc(C(C)c2cc(=O)n(-c3cccnc3NC)nc2C(N)=O)s1. The molecule has 1 aromatic carbocycles. The van der Waals surface area contributed by atoms with Gasteiger partial charge in [0.25, 0.3) is 11.5 Å². The highest BCUT2D eigenvalue weighted by Gasteiger charge is 2.23. The van der Waals surface area contributed by atoms with E-state index < -0.39 is 11.5 Å². The molecule has 4 aromatic rings. The Morgan fingerprint density at radius 3 is 2.71 bits per heavy atom. The van der Waals surface area contributed by atoms with Gasteiger partial charge in [0.15, 0.2) is 11.5 Å². The lowest BCUT2D eigenvalue weighted by molar-refractivity contribution is 0.0992. The molecule has 0 saturated heterocycles. The second-order valence-electron chi connectivity index (χ2n) is 7.94. The first-order valence-electron chi connectivity index (χ1n) is 10.9. The Hall–Kier alpha value is -3.89. The quantitative estimate of drug-likeness (QED) is 0.347. The van der Waals surface area contributed by atoms with Crippen molar-refractivity contribution < 1.29 is 9.18 Å². The molecule has 8 nitrogen and oxygen atoms in total. The van der Waals surface area contributed by atoms with Gasteiger partial charge in [-0.05, 0) is 60.1 Å². The van der Waals surface area contributed by atoms with E-state index in [4.69, 9.17) is 5.73 Å². The van der Waals surface area contributed by atoms with Crippen molar-refractivity contribution in [3.05, 3.63) is 92.6 Å². The summed E-state index contributed by atoms with van der Waals surface area (Å²) in [5.41, 5.74) is 7.85. The summed E-state index contributed by atoms with van der Waals surface area (Å²) >= 11 is 1.47. The molecular weight excluding hydrogens is 467 g/mol. The van der Waals surface area contributed by atoms with Crippen LogP contribution in [0.1, 0.15) is 39.3 Å². The zero-order valence-electron chi connectivity index (χ0n) is 19.5. The molecule has 0 fully saturated rings. The van der Waals surface area contributed by atoms with Crippen molar-refractivity contribution in [2.24, 2.45) is 5.73 Å². The number of hydrogen-bond acceptors (Lipinski definition) is 7. The monoisotopic (exact) mass is 492 g/mol. The lowest BCUT2D eigenvalue weighted by Gasteiger charge is -2.16. The van der Waals surface area contributed by atoms with E-state index in [0.717, 1.165) is 25.6 Å². The zero-order chi connectivity index (χ0) is 25.1. The zero-order valence-corrected chi connectivity index (χ0v) is 20.3. The number of nitrogens with one attached hydrogen (secondary N) is 2. The number of pyridine rings is 1. The minimum atomic E-state index is -0.742. The van der Waals surface area contributed by atoms with Gasteiger partial charge in [-0.25, -0.2) is 9.37 Å². The number of hydrogen-bond donors (Lipinski definition) is 3. The minimum absolute atomic E-state index is 0.000385. The van der Waals surface area contributed by atoms with Crippen molar-refractivity contribution >= 4 is 23.1 Å². The number of halogens is 1. The normalized spacial score (nSPS) is 11.9. The van der Waals surface area contributed by atoms with E-state index >= 15 is 0 Å². The van der Waals surface area contributed by atoms with Crippen molar-refractivity contribution in [1.82, 2.24) is 20.1 Å². The van der Waals surface area contributed by atoms with Crippen LogP contribution in [0.5, 0.6) is 0 Å². The maximum Gasteiger partial charge on any atom is 0.271 e. The number of amides is 1. The number of nitrogens with two attached hydrogens (primary N) is 1. The standard InChI is InChI=1S/C25H25FN6O2S/c1-14(20-8-9-21(35-20)18-11-16(26)7-6-15(18)13-28-2)17-12-22(33)32(31-23(17)24(27)34)19-5-4-10-30-25(19)29-3/h4-12,14,28H,13H2,1-3H3,(H2,27,34)(H,29,30). The van der Waals surface area contributed by atoms with E-state index in [0.29, 0.717) is 23.6 Å². The van der Waals surface area contributed by atoms with Gasteiger partial charge < -0.3 is 16.4 Å². The first-order chi connectivity index (χ1) is 16.8. The summed E-state index contributed by atoms with van der Waals surface area (Å²) in [7, 11) is 3.51. The molecule has 0 aliphatic rings. The Morgan fingerprint density at radius 1 is 1.20 bits per heavy atom. The van der Waals surface area contributed by atoms with Gasteiger partial charge in [0.2, 0.25) is 0 Å². The lowest BCUT2D eigenvalue weighted by Crippen LogP contribution is -2.29. The van der Waals surface area contributed by atoms with Crippen LogP contribution in [0.2, 0.25) is 0 Å². The summed E-state index contributed by atoms with van der Waals surface area (Å²) in [4.78, 5) is 31.4. The molecule has 4 rings (SSSR count). The van der Waals surface area contributed by atoms with Crippen LogP contribution in [0, 0.1) is 5.82 Å². The van der Waals surface area contributed by atoms with E-state index in [1.54, 1.807) is 31.4 Å². The molecular formula is C25H25FN6O2S. The number of rotatable bonds is 8. The molecule has 1 amide bonds. The largest absolute Gasteiger partial charge is 0.371 e. The van der Waals surface area contributed by atoms with Gasteiger partial charge in [-0.2, -0.15) is 9.78 Å². The second-order valence-corrected chi connectivity index (χ2v) is 9.05. The average Bonchev–Trinajstić information content (AvgIpc) is 3.34. The third-order valence-electron chi connectivity index (χ3n) is 5.67. The molecule has 35 heavy (non-hydrogen) atoms. The first-order valence-corrected chi connectivity index (χ1v) is 11.8. The van der Waals surface area contributed by atoms with Gasteiger partial charge in [-0.15, -0.1) is 11.3 Å². The van der Waals surface area contributed by atoms with E-state index in [1.165, 1.54) is 29.5 Å². The first kappa shape index (κ1) is 24.2. The summed E-state index contributed by atoms with van der Waals surface area (Å²) in [5.74, 6) is -0.963. The topological polar surface area (TPSA) is 115 Å². The highest BCUT2D eigenvalue weighted by Crippen LogP contribution is 2.37. The number of anilines is 1. The van der Waals surface area contributed by atoms with Crippen LogP contribution in [0.3, 0.4) is 0 Å². The van der Waals surface area contributed by atoms with Crippen molar-refractivity contribution in [3.63, 3.8) is 0 Å². The number of aromatic nitrogens is 3. The minimum Gasteiger partial charge on any atom is -0.371 e. The van der Waals surface area contributed by atoms with E-state index in [-0.39, 0.29) is 17.4 Å². The van der Waals surface area contributed by atoms with Crippen LogP contribution < -0.4 is 21.9 Å². The smallest absolute Gasteiger partial charge is 0.271 e. The molecule has 0 aliphatic carbocycles. The molecule has 0 saturated carbocycles. The van der Waals surface area contributed by atoms with Gasteiger partial charge >= 0.3 is 0 Å². The van der Waals surface area contributed by atoms with Gasteiger partial charge in [-0.3, -0.25) is 9.59 Å². The highest BCUT2D eigenvalue weighted by molar-refractivity contribution is 7.15. The predicted molar refractivity (Wildman–Crippen MR) is 136 cm³/mol. The molecule has 4 N–H and O–H groups in total. The van der Waals surface area contributed by atoms with Crippen LogP contribution >= 0.6 is 11.3 Å². The molecule has 0 radical (unpaired) electrons. The molecule has 0 bridgehead atoms. The van der Waals surface area contributed by atoms with Crippen LogP contribution in [0.15, 0.2) is 59.5 Å². The average molecular weight is 493 g/mol. The van der Waals surface area contributed by atoms with Gasteiger partial charge in [0.05, 0.1) is 0 Å². The summed E-state index contributed by atoms with van der Waals surface area (Å²) in [6.07, 6.45) is 1.58. The Labute approximate surface area is 205 Å². The Kier molecular flexibility index (Phi) is 7.04. The molecule has 10 heteroatoms. The molecule has 1 atom stereocenters. The van der Waals surface area contributed by atoms with Crippen molar-refractivity contribution in [3.8, 4) is 16.1 Å². The fourth-order valence-corrected chi connectivity index (χ4v) is 5.06. The third-order valence-corrected chi connectivity index (χ3v) is 6.97. The van der Waals surface area contributed by atoms with E-state index in [2.05, 4.69) is 20.7 Å². The predicted octanol–water partition coefficient (Wildman–Crippen LogP) is 3.51. The van der Waals surface area contributed by atoms with Crippen molar-refractivity contribution in [2.75, 3.05) is 19.4 Å². The third kappa shape index (κ3) is 4.84. The molecule has 1 unspecified atom stereocenters. The molecule has 3 heterocycles. The fourth-order valence-electron chi connectivity index (χ4n) is 3.93. The number of carbonyl (C=O) groups is 1. The highest BCUT2D eigenvalue weighted by atomic mass is 32.1. The van der Waals surface area contributed by atoms with Crippen molar-refractivity contribution in [2.45, 2.75) is 19.4 Å². The number of thiophene rings is 1. The summed E-state index contributed by atoms with van der Waals surface area (Å²) in [5, 5.41) is 10.3. The maximum absolute atomic E-state index is 14.0. The Balaban J connectivity index is 1.77. The number of carbonyl (C=O) groups excluding carboxylic acids is 1. The van der Waals surface area contributed by atoms with Gasteiger partial charge in [-0.1, -0.05) is 13.0 Å². The molecule has 0 aliphatic heterocycles. The number of primary amides is 1. The second kappa shape index (κ2) is 10.2. The van der Waals surface area contributed by atoms with Gasteiger partial charge in [0.1, 0.15) is 11.5 Å². The molecule has 0 spiro atoms. The van der Waals surface area contributed by atoms with E-state index in [1.807, 2.05) is 26.1 Å². The van der Waals surface area contributed by atoms with Crippen LogP contribution in [-0.2, 0) is 6.54 Å². The fraction of sp³-hybridized carbons (Fsp3) is 0.200. The summed E-state index contributed by atoms with van der Waals surface area (Å²) in [6.45, 7) is 2.47. The van der Waals surface area contributed by atoms with Crippen LogP contribution in [0.4, 0.5) is 10.2 Å². The lowest BCUT2D eigenvalue weighted by atomic mass is 9.98. The molecule has 180 valence electrons. The van der Waals surface area contributed by atoms with E-state index in [9.17, 15) is 14.0 Å². The van der Waals surface area contributed by atoms with Crippen LogP contribution in [0.25, 0.3) is 16.1 Å². The molecule has 3 aromatic heterocycles. The summed E-state index contributed by atoms with van der Waals surface area (Å²) in [6, 6.07) is 13.3. The Morgan fingerprint density at radius 2 is 2.00 bits per heavy atom.